The summed E-state index contributed by atoms with van der Waals surface area (Å²) in [7, 11) is 0. The van der Waals surface area contributed by atoms with E-state index in [4.69, 9.17) is 9.47 Å². The van der Waals surface area contributed by atoms with Gasteiger partial charge in [-0.2, -0.15) is 0 Å². The monoisotopic (exact) mass is 264 g/mol. The molecule has 6 heteroatoms. The molecular weight excluding hydrogens is 250 g/mol. The first-order chi connectivity index (χ1) is 9.00. The zero-order chi connectivity index (χ0) is 13.4. The molecule has 0 aromatic heterocycles. The fourth-order valence-corrected chi connectivity index (χ4v) is 4.08. The lowest BCUT2D eigenvalue weighted by Gasteiger charge is -2.36. The zero-order valence-electron chi connectivity index (χ0n) is 10.5. The Kier molecular flexibility index (Phi) is 1.92. The van der Waals surface area contributed by atoms with Gasteiger partial charge in [-0.3, -0.25) is 4.79 Å². The summed E-state index contributed by atoms with van der Waals surface area (Å²) in [6.07, 6.45) is 3.81. The molecule has 4 aliphatic heterocycles. The molecule has 1 amide bonds. The number of ether oxygens (including phenoxy) is 2. The van der Waals surface area contributed by atoms with Gasteiger partial charge < -0.3 is 24.3 Å². The van der Waals surface area contributed by atoms with Gasteiger partial charge in [0.25, 0.3) is 0 Å². The zero-order valence-corrected chi connectivity index (χ0v) is 10.5. The Morgan fingerprint density at radius 1 is 1.53 bits per heavy atom. The standard InChI is InChI=1S/C13H15NO5/c1-12-3-4-13(19-12)7(8(12)10(16)17)9(15)14-5-2-6-18-11(13)14/h3-4,7-8,11H,2,5-6H2,1H3,(H,16,17)/p-1/t7-,8+,11+,12+,13-/m0/s1. The summed E-state index contributed by atoms with van der Waals surface area (Å²) in [5, 5.41) is 11.5. The van der Waals surface area contributed by atoms with Gasteiger partial charge in [0.05, 0.1) is 18.1 Å². The van der Waals surface area contributed by atoms with E-state index in [0.717, 1.165) is 6.42 Å². The van der Waals surface area contributed by atoms with Crippen LogP contribution in [-0.4, -0.2) is 47.4 Å². The predicted molar refractivity (Wildman–Crippen MR) is 59.4 cm³/mol. The first-order valence-electron chi connectivity index (χ1n) is 6.53. The highest BCUT2D eigenvalue weighted by molar-refractivity contribution is 5.91. The van der Waals surface area contributed by atoms with Crippen LogP contribution in [0, 0.1) is 11.8 Å². The molecule has 0 aromatic rings. The maximum Gasteiger partial charge on any atom is 0.232 e. The average molecular weight is 264 g/mol. The highest BCUT2D eigenvalue weighted by Gasteiger charge is 2.74. The lowest BCUT2D eigenvalue weighted by Crippen LogP contribution is -2.50. The molecule has 0 radical (unpaired) electrons. The van der Waals surface area contributed by atoms with Crippen LogP contribution in [0.15, 0.2) is 12.2 Å². The van der Waals surface area contributed by atoms with Crippen molar-refractivity contribution >= 4 is 11.9 Å². The number of carbonyl (C=O) groups excluding carboxylic acids is 2. The number of carboxylic acid groups (broad SMARTS) is 1. The summed E-state index contributed by atoms with van der Waals surface area (Å²) >= 11 is 0. The Balaban J connectivity index is 1.86. The van der Waals surface area contributed by atoms with E-state index in [1.54, 1.807) is 17.9 Å². The highest BCUT2D eigenvalue weighted by atomic mass is 16.6. The molecule has 6 nitrogen and oxygen atoms in total. The van der Waals surface area contributed by atoms with E-state index >= 15 is 0 Å². The third-order valence-electron chi connectivity index (χ3n) is 4.80. The van der Waals surface area contributed by atoms with Gasteiger partial charge in [-0.1, -0.05) is 6.08 Å². The Hall–Kier alpha value is -1.40. The maximum absolute atomic E-state index is 12.5. The first-order valence-corrected chi connectivity index (χ1v) is 6.53. The molecule has 0 aliphatic carbocycles. The molecule has 0 aromatic carbocycles. The van der Waals surface area contributed by atoms with E-state index in [-0.39, 0.29) is 5.91 Å². The maximum atomic E-state index is 12.5. The molecule has 2 bridgehead atoms. The van der Waals surface area contributed by atoms with Crippen molar-refractivity contribution in [1.29, 1.82) is 0 Å². The number of rotatable bonds is 1. The Labute approximate surface area is 110 Å². The number of aliphatic carboxylic acids is 1. The molecule has 4 heterocycles. The molecule has 102 valence electrons. The number of carboxylic acids is 1. The van der Waals surface area contributed by atoms with Crippen LogP contribution in [0.3, 0.4) is 0 Å². The number of hydrogen-bond donors (Lipinski definition) is 0. The summed E-state index contributed by atoms with van der Waals surface area (Å²) in [5.41, 5.74) is -1.91. The van der Waals surface area contributed by atoms with E-state index < -0.39 is 35.2 Å². The van der Waals surface area contributed by atoms with Crippen LogP contribution >= 0.6 is 0 Å². The predicted octanol–water partition coefficient (Wildman–Crippen LogP) is -1.35. The van der Waals surface area contributed by atoms with Crippen molar-refractivity contribution in [2.24, 2.45) is 11.8 Å². The molecule has 0 N–H and O–H groups in total. The molecule has 19 heavy (non-hydrogen) atoms. The van der Waals surface area contributed by atoms with E-state index in [1.165, 1.54) is 0 Å². The first kappa shape index (κ1) is 11.4. The quantitative estimate of drug-likeness (QED) is 0.547. The van der Waals surface area contributed by atoms with E-state index in [1.807, 2.05) is 6.08 Å². The Morgan fingerprint density at radius 3 is 3.05 bits per heavy atom. The van der Waals surface area contributed by atoms with E-state index in [0.29, 0.717) is 13.2 Å². The topological polar surface area (TPSA) is 78.9 Å². The smallest absolute Gasteiger partial charge is 0.232 e. The molecule has 1 spiro atoms. The van der Waals surface area contributed by atoms with Crippen LogP contribution in [0.5, 0.6) is 0 Å². The van der Waals surface area contributed by atoms with E-state index in [9.17, 15) is 14.7 Å². The second-order valence-corrected chi connectivity index (χ2v) is 5.86. The minimum absolute atomic E-state index is 0.188. The molecular formula is C13H14NO5-. The molecule has 3 saturated heterocycles. The van der Waals surface area contributed by atoms with Gasteiger partial charge >= 0.3 is 0 Å². The fraction of sp³-hybridized carbons (Fsp3) is 0.692. The van der Waals surface area contributed by atoms with Gasteiger partial charge in [-0.25, -0.2) is 0 Å². The number of amides is 1. The molecule has 0 saturated carbocycles. The van der Waals surface area contributed by atoms with Crippen molar-refractivity contribution in [3.8, 4) is 0 Å². The number of nitrogens with zero attached hydrogens (tertiary/aromatic N) is 1. The van der Waals surface area contributed by atoms with E-state index in [2.05, 4.69) is 0 Å². The van der Waals surface area contributed by atoms with Crippen LogP contribution in [0.2, 0.25) is 0 Å². The van der Waals surface area contributed by atoms with Gasteiger partial charge in [0, 0.05) is 18.4 Å². The SMILES string of the molecule is C[C@]12C=C[C@]3(O1)[C@H](C(=O)N1CCCO[C@@H]13)[C@@H]2C(=O)[O-]. The summed E-state index contributed by atoms with van der Waals surface area (Å²) in [5.74, 6) is -3.09. The second kappa shape index (κ2) is 3.19. The van der Waals surface area contributed by atoms with Crippen molar-refractivity contribution < 1.29 is 24.2 Å². The van der Waals surface area contributed by atoms with Crippen LogP contribution < -0.4 is 5.11 Å². The van der Waals surface area contributed by atoms with Crippen LogP contribution in [0.1, 0.15) is 13.3 Å². The molecule has 4 rings (SSSR count). The highest BCUT2D eigenvalue weighted by Crippen LogP contribution is 2.59. The van der Waals surface area contributed by atoms with Crippen molar-refractivity contribution in [2.75, 3.05) is 13.2 Å². The van der Waals surface area contributed by atoms with Crippen molar-refractivity contribution in [1.82, 2.24) is 4.90 Å². The largest absolute Gasteiger partial charge is 0.550 e. The summed E-state index contributed by atoms with van der Waals surface area (Å²) in [6.45, 7) is 2.85. The lowest BCUT2D eigenvalue weighted by atomic mass is 9.72. The number of hydrogen-bond acceptors (Lipinski definition) is 5. The van der Waals surface area contributed by atoms with Gasteiger partial charge in [0.15, 0.2) is 6.23 Å². The Bertz CT molecular complexity index is 517. The van der Waals surface area contributed by atoms with Crippen LogP contribution in [0.25, 0.3) is 0 Å². The van der Waals surface area contributed by atoms with Crippen molar-refractivity contribution in [3.63, 3.8) is 0 Å². The molecule has 3 fully saturated rings. The minimum Gasteiger partial charge on any atom is -0.550 e. The fourth-order valence-electron chi connectivity index (χ4n) is 4.08. The summed E-state index contributed by atoms with van der Waals surface area (Å²) in [4.78, 5) is 25.6. The van der Waals surface area contributed by atoms with Crippen LogP contribution in [0.4, 0.5) is 0 Å². The molecule has 5 atom stereocenters. The number of fused-ring (bicyclic) bond motifs is 2. The average Bonchev–Trinajstić information content (AvgIpc) is 2.94. The lowest BCUT2D eigenvalue weighted by molar-refractivity contribution is -0.315. The Morgan fingerprint density at radius 2 is 2.32 bits per heavy atom. The number of carbonyl (C=O) groups is 2. The van der Waals surface area contributed by atoms with Gasteiger partial charge in [-0.05, 0) is 19.4 Å². The molecule has 4 aliphatic rings. The molecule has 0 unspecified atom stereocenters. The summed E-state index contributed by atoms with van der Waals surface area (Å²) < 4.78 is 11.7. The minimum atomic E-state index is -1.23. The van der Waals surface area contributed by atoms with Crippen molar-refractivity contribution in [3.05, 3.63) is 12.2 Å². The van der Waals surface area contributed by atoms with Gasteiger partial charge in [0.1, 0.15) is 5.60 Å². The third-order valence-corrected chi connectivity index (χ3v) is 4.80. The van der Waals surface area contributed by atoms with Crippen LogP contribution in [-0.2, 0) is 19.1 Å². The normalized spacial score (nSPS) is 50.5. The van der Waals surface area contributed by atoms with Gasteiger partial charge in [0.2, 0.25) is 5.91 Å². The second-order valence-electron chi connectivity index (χ2n) is 5.86. The van der Waals surface area contributed by atoms with Crippen molar-refractivity contribution in [2.45, 2.75) is 30.8 Å². The van der Waals surface area contributed by atoms with Gasteiger partial charge in [-0.15, -0.1) is 0 Å². The summed E-state index contributed by atoms with van der Waals surface area (Å²) in [6, 6.07) is 0. The third kappa shape index (κ3) is 1.10.